The average molecular weight is 564 g/mol. The van der Waals surface area contributed by atoms with Crippen molar-refractivity contribution in [3.05, 3.63) is 70.1 Å². The number of ether oxygens (including phenoxy) is 1. The van der Waals surface area contributed by atoms with Gasteiger partial charge in [-0.1, -0.05) is 18.2 Å². The van der Waals surface area contributed by atoms with Crippen molar-refractivity contribution >= 4 is 29.9 Å². The normalized spacial score (nSPS) is 17.1. The summed E-state index contributed by atoms with van der Waals surface area (Å²) in [4.78, 5) is 18.0. The molecule has 32 heavy (non-hydrogen) atoms. The van der Waals surface area contributed by atoms with Crippen LogP contribution in [-0.4, -0.2) is 48.7 Å². The minimum atomic E-state index is -4.38. The highest BCUT2D eigenvalue weighted by Gasteiger charge is 2.32. The number of benzene rings is 1. The van der Waals surface area contributed by atoms with E-state index >= 15 is 0 Å². The van der Waals surface area contributed by atoms with Crippen molar-refractivity contribution < 1.29 is 17.9 Å². The molecule has 0 bridgehead atoms. The van der Waals surface area contributed by atoms with Crippen LogP contribution in [0.25, 0.3) is 0 Å². The maximum Gasteiger partial charge on any atom is 0.416 e. The summed E-state index contributed by atoms with van der Waals surface area (Å²) in [5, 5.41) is 3.30. The number of rotatable bonds is 6. The Morgan fingerprint density at radius 2 is 2.03 bits per heavy atom. The zero-order valence-corrected chi connectivity index (χ0v) is 20.2. The number of morpholine rings is 1. The number of guanidine groups is 1. The van der Waals surface area contributed by atoms with Gasteiger partial charge in [0.15, 0.2) is 5.96 Å². The van der Waals surface area contributed by atoms with Gasteiger partial charge in [-0.25, -0.2) is 0 Å². The number of hydrogen-bond acceptors (Lipinski definition) is 3. The molecule has 1 fully saturated rings. The van der Waals surface area contributed by atoms with Crippen molar-refractivity contribution in [2.45, 2.75) is 31.7 Å². The smallest absolute Gasteiger partial charge is 0.370 e. The predicted molar refractivity (Wildman–Crippen MR) is 128 cm³/mol. The number of aryl methyl sites for hydroxylation is 1. The number of alkyl halides is 3. The van der Waals surface area contributed by atoms with Crippen LogP contribution in [-0.2, 0) is 17.5 Å². The molecule has 1 unspecified atom stereocenters. The zero-order valence-electron chi connectivity index (χ0n) is 17.8. The summed E-state index contributed by atoms with van der Waals surface area (Å²) in [7, 11) is 1.68. The molecule has 0 spiro atoms. The molecule has 10 heteroatoms. The highest BCUT2D eigenvalue weighted by atomic mass is 127. The van der Waals surface area contributed by atoms with Crippen LogP contribution in [0.15, 0.2) is 58.4 Å². The van der Waals surface area contributed by atoms with Crippen LogP contribution in [0.2, 0.25) is 0 Å². The van der Waals surface area contributed by atoms with Gasteiger partial charge in [0.05, 0.1) is 18.7 Å². The lowest BCUT2D eigenvalue weighted by Crippen LogP contribution is -2.48. The van der Waals surface area contributed by atoms with Crippen LogP contribution in [0.4, 0.5) is 13.2 Å². The number of halogens is 4. The molecule has 0 radical (unpaired) electrons. The van der Waals surface area contributed by atoms with E-state index in [1.807, 2.05) is 11.0 Å². The van der Waals surface area contributed by atoms with Gasteiger partial charge < -0.3 is 19.5 Å². The quantitative estimate of drug-likeness (QED) is 0.250. The highest BCUT2D eigenvalue weighted by molar-refractivity contribution is 14.0. The van der Waals surface area contributed by atoms with Gasteiger partial charge in [-0.3, -0.25) is 9.79 Å². The number of pyridine rings is 1. The molecule has 1 N–H and O–H groups in total. The molecule has 1 aromatic heterocycles. The van der Waals surface area contributed by atoms with Crippen LogP contribution in [0.1, 0.15) is 30.1 Å². The lowest BCUT2D eigenvalue weighted by atomic mass is 10.0. The van der Waals surface area contributed by atoms with E-state index in [4.69, 9.17) is 4.74 Å². The SMILES string of the molecule is CN=C(NCCCCn1ccccc1=O)N1CCOC(c2cccc(C(F)(F)F)c2)C1.I. The van der Waals surface area contributed by atoms with Crippen molar-refractivity contribution in [2.75, 3.05) is 33.3 Å². The molecule has 2 heterocycles. The number of aliphatic imine (C=N–C) groups is 1. The van der Waals surface area contributed by atoms with Crippen molar-refractivity contribution in [3.63, 3.8) is 0 Å². The Labute approximate surface area is 202 Å². The van der Waals surface area contributed by atoms with Gasteiger partial charge in [-0.05, 0) is 36.6 Å². The topological polar surface area (TPSA) is 58.9 Å². The van der Waals surface area contributed by atoms with Crippen molar-refractivity contribution in [2.24, 2.45) is 4.99 Å². The molecule has 1 aliphatic heterocycles. The summed E-state index contributed by atoms with van der Waals surface area (Å²) in [5.41, 5.74) is -0.186. The Morgan fingerprint density at radius 1 is 1.22 bits per heavy atom. The van der Waals surface area contributed by atoms with Crippen LogP contribution in [0.3, 0.4) is 0 Å². The largest absolute Gasteiger partial charge is 0.416 e. The number of unbranched alkanes of at least 4 members (excludes halogenated alkanes) is 1. The van der Waals surface area contributed by atoms with E-state index in [9.17, 15) is 18.0 Å². The summed E-state index contributed by atoms with van der Waals surface area (Å²) in [6.45, 7) is 2.75. The minimum absolute atomic E-state index is 0. The molecule has 0 amide bonds. The maximum atomic E-state index is 13.0. The van der Waals surface area contributed by atoms with E-state index in [1.165, 1.54) is 6.07 Å². The fourth-order valence-corrected chi connectivity index (χ4v) is 3.54. The summed E-state index contributed by atoms with van der Waals surface area (Å²) in [6, 6.07) is 10.4. The summed E-state index contributed by atoms with van der Waals surface area (Å²) in [6.07, 6.45) is -1.38. The highest BCUT2D eigenvalue weighted by Crippen LogP contribution is 2.32. The average Bonchev–Trinajstić information content (AvgIpc) is 2.77. The summed E-state index contributed by atoms with van der Waals surface area (Å²) >= 11 is 0. The fraction of sp³-hybridized carbons (Fsp3) is 0.455. The fourth-order valence-electron chi connectivity index (χ4n) is 3.54. The Balaban J connectivity index is 0.00000363. The van der Waals surface area contributed by atoms with Crippen molar-refractivity contribution in [3.8, 4) is 0 Å². The van der Waals surface area contributed by atoms with Gasteiger partial charge in [0.1, 0.15) is 6.10 Å². The number of nitrogens with one attached hydrogen (secondary N) is 1. The van der Waals surface area contributed by atoms with E-state index in [-0.39, 0.29) is 29.5 Å². The van der Waals surface area contributed by atoms with Gasteiger partial charge in [-0.15, -0.1) is 24.0 Å². The molecule has 1 saturated heterocycles. The lowest BCUT2D eigenvalue weighted by molar-refractivity contribution is -0.137. The Kier molecular flexibility index (Phi) is 10.0. The Bertz CT molecular complexity index is 949. The van der Waals surface area contributed by atoms with Crippen molar-refractivity contribution in [1.29, 1.82) is 0 Å². The number of hydrogen-bond donors (Lipinski definition) is 1. The third-order valence-corrected chi connectivity index (χ3v) is 5.17. The molecule has 3 rings (SSSR count). The molecule has 1 aliphatic rings. The predicted octanol–water partition coefficient (Wildman–Crippen LogP) is 3.91. The van der Waals surface area contributed by atoms with Crippen LogP contribution < -0.4 is 10.9 Å². The molecular formula is C22H28F3IN4O2. The standard InChI is InChI=1S/C22H27F3N4O2.HI/c1-26-21(27-10-3-5-12-28-11-4-2-9-20(28)30)29-13-14-31-19(16-29)17-7-6-8-18(15-17)22(23,24)25;/h2,4,6-9,11,15,19H,3,5,10,12-14,16H2,1H3,(H,26,27);1H. The van der Waals surface area contributed by atoms with Gasteiger partial charge in [0, 0.05) is 38.9 Å². The second-order valence-corrected chi connectivity index (χ2v) is 7.34. The monoisotopic (exact) mass is 564 g/mol. The summed E-state index contributed by atoms with van der Waals surface area (Å²) < 4.78 is 46.5. The molecule has 6 nitrogen and oxygen atoms in total. The lowest BCUT2D eigenvalue weighted by Gasteiger charge is -2.35. The molecule has 0 aliphatic carbocycles. The van der Waals surface area contributed by atoms with E-state index in [1.54, 1.807) is 36.0 Å². The third kappa shape index (κ3) is 7.22. The van der Waals surface area contributed by atoms with E-state index < -0.39 is 17.8 Å². The van der Waals surface area contributed by atoms with Gasteiger partial charge in [0.25, 0.3) is 0 Å². The summed E-state index contributed by atoms with van der Waals surface area (Å²) in [5.74, 6) is 0.692. The second kappa shape index (κ2) is 12.2. The van der Waals surface area contributed by atoms with Crippen LogP contribution in [0, 0.1) is 0 Å². The number of aromatic nitrogens is 1. The first-order valence-electron chi connectivity index (χ1n) is 10.3. The van der Waals surface area contributed by atoms with E-state index in [2.05, 4.69) is 10.3 Å². The van der Waals surface area contributed by atoms with Gasteiger partial charge in [-0.2, -0.15) is 13.2 Å². The molecule has 1 aromatic carbocycles. The van der Waals surface area contributed by atoms with E-state index in [0.717, 1.165) is 25.0 Å². The zero-order chi connectivity index (χ0) is 22.3. The second-order valence-electron chi connectivity index (χ2n) is 7.34. The van der Waals surface area contributed by atoms with Crippen LogP contribution in [0.5, 0.6) is 0 Å². The third-order valence-electron chi connectivity index (χ3n) is 5.17. The first-order chi connectivity index (χ1) is 14.9. The Morgan fingerprint density at radius 3 is 2.75 bits per heavy atom. The number of nitrogens with zero attached hydrogens (tertiary/aromatic N) is 3. The van der Waals surface area contributed by atoms with E-state index in [0.29, 0.717) is 44.3 Å². The molecule has 1 atom stereocenters. The molecule has 2 aromatic rings. The first kappa shape index (κ1) is 26.2. The Hall–Kier alpha value is -2.08. The molecular weight excluding hydrogens is 536 g/mol. The van der Waals surface area contributed by atoms with Gasteiger partial charge >= 0.3 is 6.18 Å². The van der Waals surface area contributed by atoms with Gasteiger partial charge in [0.2, 0.25) is 5.56 Å². The molecule has 0 saturated carbocycles. The van der Waals surface area contributed by atoms with Crippen molar-refractivity contribution in [1.82, 2.24) is 14.8 Å². The van der Waals surface area contributed by atoms with Crippen LogP contribution >= 0.6 is 24.0 Å². The maximum absolute atomic E-state index is 13.0. The minimum Gasteiger partial charge on any atom is -0.370 e. The molecule has 176 valence electrons. The first-order valence-corrected chi connectivity index (χ1v) is 10.3.